The van der Waals surface area contributed by atoms with Gasteiger partial charge < -0.3 is 10.2 Å². The van der Waals surface area contributed by atoms with Gasteiger partial charge in [0.05, 0.1) is 0 Å². The van der Waals surface area contributed by atoms with Crippen molar-refractivity contribution in [3.8, 4) is 0 Å². The summed E-state index contributed by atoms with van der Waals surface area (Å²) in [5.74, 6) is 0. The van der Waals surface area contributed by atoms with Crippen LogP contribution in [0.1, 0.15) is 23.7 Å². The van der Waals surface area contributed by atoms with Crippen molar-refractivity contribution >= 4 is 5.69 Å². The first-order valence-electron chi connectivity index (χ1n) is 7.03. The van der Waals surface area contributed by atoms with Crippen molar-refractivity contribution in [3.05, 3.63) is 47.8 Å². The smallest absolute Gasteiger partial charge is 0.0492 e. The number of hydrogen-bond donors (Lipinski definition) is 1. The van der Waals surface area contributed by atoms with E-state index >= 15 is 0 Å². The van der Waals surface area contributed by atoms with Gasteiger partial charge in [0.15, 0.2) is 0 Å². The van der Waals surface area contributed by atoms with Crippen LogP contribution in [0.25, 0.3) is 0 Å². The predicted molar refractivity (Wildman–Crippen MR) is 84.1 cm³/mol. The standard InChI is InChI=1S/C16H24N4/c1-17-16(9-8-14-10-11-18-20(14)4)13-6-5-7-15(12-13)19(2)3/h5-7,10-12,16-17H,8-9H2,1-4H3. The molecule has 4 nitrogen and oxygen atoms in total. The zero-order chi connectivity index (χ0) is 14.5. The molecule has 1 aromatic heterocycles. The maximum absolute atomic E-state index is 4.22. The van der Waals surface area contributed by atoms with Gasteiger partial charge in [-0.05, 0) is 43.7 Å². The molecule has 0 aliphatic heterocycles. The number of aromatic nitrogens is 2. The van der Waals surface area contributed by atoms with Gasteiger partial charge in [0.2, 0.25) is 0 Å². The third kappa shape index (κ3) is 3.39. The van der Waals surface area contributed by atoms with Gasteiger partial charge in [0.25, 0.3) is 0 Å². The van der Waals surface area contributed by atoms with Crippen molar-refractivity contribution in [2.45, 2.75) is 18.9 Å². The van der Waals surface area contributed by atoms with Gasteiger partial charge >= 0.3 is 0 Å². The number of nitrogens with zero attached hydrogens (tertiary/aromatic N) is 3. The SMILES string of the molecule is CNC(CCc1ccnn1C)c1cccc(N(C)C)c1. The molecule has 4 heteroatoms. The second-order valence-electron chi connectivity index (χ2n) is 5.32. The molecule has 0 amide bonds. The fourth-order valence-corrected chi connectivity index (χ4v) is 2.44. The Balaban J connectivity index is 2.08. The minimum Gasteiger partial charge on any atom is -0.378 e. The van der Waals surface area contributed by atoms with E-state index in [1.54, 1.807) is 0 Å². The summed E-state index contributed by atoms with van der Waals surface area (Å²) >= 11 is 0. The monoisotopic (exact) mass is 272 g/mol. The molecule has 1 N–H and O–H groups in total. The van der Waals surface area contributed by atoms with E-state index in [0.29, 0.717) is 6.04 Å². The van der Waals surface area contributed by atoms with Crippen molar-refractivity contribution in [3.63, 3.8) is 0 Å². The molecular weight excluding hydrogens is 248 g/mol. The minimum absolute atomic E-state index is 0.366. The highest BCUT2D eigenvalue weighted by atomic mass is 15.2. The van der Waals surface area contributed by atoms with Crippen LogP contribution in [0.15, 0.2) is 36.5 Å². The van der Waals surface area contributed by atoms with E-state index in [-0.39, 0.29) is 0 Å². The molecule has 1 atom stereocenters. The average molecular weight is 272 g/mol. The van der Waals surface area contributed by atoms with Gasteiger partial charge in [-0.1, -0.05) is 12.1 Å². The molecule has 0 fully saturated rings. The van der Waals surface area contributed by atoms with Crippen molar-refractivity contribution < 1.29 is 0 Å². The van der Waals surface area contributed by atoms with Gasteiger partial charge in [-0.3, -0.25) is 4.68 Å². The summed E-state index contributed by atoms with van der Waals surface area (Å²) in [5.41, 5.74) is 3.85. The number of rotatable bonds is 6. The van der Waals surface area contributed by atoms with E-state index in [1.165, 1.54) is 16.9 Å². The lowest BCUT2D eigenvalue weighted by atomic mass is 10.0. The van der Waals surface area contributed by atoms with Crippen LogP contribution >= 0.6 is 0 Å². The van der Waals surface area contributed by atoms with E-state index in [2.05, 4.69) is 59.7 Å². The lowest BCUT2D eigenvalue weighted by Gasteiger charge is -2.20. The quantitative estimate of drug-likeness (QED) is 0.876. The van der Waals surface area contributed by atoms with Crippen LogP contribution in [0.3, 0.4) is 0 Å². The van der Waals surface area contributed by atoms with Gasteiger partial charge in [-0.2, -0.15) is 5.10 Å². The van der Waals surface area contributed by atoms with Gasteiger partial charge in [-0.25, -0.2) is 0 Å². The minimum atomic E-state index is 0.366. The van der Waals surface area contributed by atoms with Crippen LogP contribution in [0.4, 0.5) is 5.69 Å². The molecular formula is C16H24N4. The van der Waals surface area contributed by atoms with Crippen molar-refractivity contribution in [1.82, 2.24) is 15.1 Å². The Kier molecular flexibility index (Phi) is 4.79. The van der Waals surface area contributed by atoms with Crippen LogP contribution in [0, 0.1) is 0 Å². The lowest BCUT2D eigenvalue weighted by Crippen LogP contribution is -2.18. The third-order valence-electron chi connectivity index (χ3n) is 3.75. The zero-order valence-electron chi connectivity index (χ0n) is 12.8. The first-order valence-corrected chi connectivity index (χ1v) is 7.03. The van der Waals surface area contributed by atoms with Crippen LogP contribution in [0.5, 0.6) is 0 Å². The highest BCUT2D eigenvalue weighted by Gasteiger charge is 2.11. The summed E-state index contributed by atoms with van der Waals surface area (Å²) < 4.78 is 1.95. The first-order chi connectivity index (χ1) is 9.61. The molecule has 20 heavy (non-hydrogen) atoms. The maximum Gasteiger partial charge on any atom is 0.0492 e. The number of aryl methyl sites for hydroxylation is 2. The van der Waals surface area contributed by atoms with E-state index in [9.17, 15) is 0 Å². The fraction of sp³-hybridized carbons (Fsp3) is 0.438. The van der Waals surface area contributed by atoms with Crippen LogP contribution in [0.2, 0.25) is 0 Å². The van der Waals surface area contributed by atoms with Gasteiger partial charge in [0, 0.05) is 44.8 Å². The average Bonchev–Trinajstić information content (AvgIpc) is 2.85. The number of benzene rings is 1. The van der Waals surface area contributed by atoms with Gasteiger partial charge in [0.1, 0.15) is 0 Å². The van der Waals surface area contributed by atoms with Crippen molar-refractivity contribution in [2.75, 3.05) is 26.0 Å². The Hall–Kier alpha value is -1.81. The Morgan fingerprint density at radius 2 is 2.10 bits per heavy atom. The summed E-state index contributed by atoms with van der Waals surface area (Å²) in [4.78, 5) is 2.14. The molecule has 108 valence electrons. The number of hydrogen-bond acceptors (Lipinski definition) is 3. The summed E-state index contributed by atoms with van der Waals surface area (Å²) in [6.07, 6.45) is 3.94. The molecule has 0 aliphatic rings. The molecule has 0 aliphatic carbocycles. The normalized spacial score (nSPS) is 12.4. The second kappa shape index (κ2) is 6.57. The van der Waals surface area contributed by atoms with Crippen LogP contribution < -0.4 is 10.2 Å². The summed E-state index contributed by atoms with van der Waals surface area (Å²) in [7, 11) is 8.17. The predicted octanol–water partition coefficient (Wildman–Crippen LogP) is 2.38. The third-order valence-corrected chi connectivity index (χ3v) is 3.75. The topological polar surface area (TPSA) is 33.1 Å². The molecule has 0 bridgehead atoms. The van der Waals surface area contributed by atoms with Crippen molar-refractivity contribution in [1.29, 1.82) is 0 Å². The molecule has 2 rings (SSSR count). The summed E-state index contributed by atoms with van der Waals surface area (Å²) in [6.45, 7) is 0. The highest BCUT2D eigenvalue weighted by Crippen LogP contribution is 2.22. The van der Waals surface area contributed by atoms with Crippen LogP contribution in [-0.2, 0) is 13.5 Å². The Morgan fingerprint density at radius 3 is 2.70 bits per heavy atom. The summed E-state index contributed by atoms with van der Waals surface area (Å²) in [5, 5.41) is 7.64. The zero-order valence-corrected chi connectivity index (χ0v) is 12.8. The fourth-order valence-electron chi connectivity index (χ4n) is 2.44. The second-order valence-corrected chi connectivity index (χ2v) is 5.32. The van der Waals surface area contributed by atoms with E-state index < -0.39 is 0 Å². The molecule has 0 radical (unpaired) electrons. The Bertz CT molecular complexity index is 545. The highest BCUT2D eigenvalue weighted by molar-refractivity contribution is 5.47. The summed E-state index contributed by atoms with van der Waals surface area (Å²) in [6, 6.07) is 11.2. The molecule has 0 saturated carbocycles. The van der Waals surface area contributed by atoms with E-state index in [1.807, 2.05) is 25.0 Å². The Morgan fingerprint density at radius 1 is 1.30 bits per heavy atom. The largest absolute Gasteiger partial charge is 0.378 e. The number of nitrogens with one attached hydrogen (secondary N) is 1. The van der Waals surface area contributed by atoms with Crippen molar-refractivity contribution in [2.24, 2.45) is 7.05 Å². The molecule has 1 aromatic carbocycles. The van der Waals surface area contributed by atoms with Gasteiger partial charge in [-0.15, -0.1) is 0 Å². The number of anilines is 1. The lowest BCUT2D eigenvalue weighted by molar-refractivity contribution is 0.536. The molecule has 0 spiro atoms. The molecule has 1 heterocycles. The Labute approximate surface area is 121 Å². The molecule has 0 saturated heterocycles. The van der Waals surface area contributed by atoms with E-state index in [4.69, 9.17) is 0 Å². The molecule has 1 unspecified atom stereocenters. The van der Waals surface area contributed by atoms with Crippen LogP contribution in [-0.4, -0.2) is 30.9 Å². The molecule has 2 aromatic rings. The first kappa shape index (κ1) is 14.6. The van der Waals surface area contributed by atoms with E-state index in [0.717, 1.165) is 12.8 Å². The maximum atomic E-state index is 4.22.